The van der Waals surface area contributed by atoms with Gasteiger partial charge in [0.05, 0.1) is 18.5 Å². The lowest BCUT2D eigenvalue weighted by Gasteiger charge is -2.09. The number of aromatic nitrogens is 3. The predicted molar refractivity (Wildman–Crippen MR) is 114 cm³/mol. The van der Waals surface area contributed by atoms with Crippen LogP contribution in [0, 0.1) is 0 Å². The van der Waals surface area contributed by atoms with Crippen LogP contribution in [0.3, 0.4) is 0 Å². The summed E-state index contributed by atoms with van der Waals surface area (Å²) in [5, 5.41) is 7.74. The Labute approximate surface area is 177 Å². The van der Waals surface area contributed by atoms with Crippen LogP contribution in [0.5, 0.6) is 0 Å². The zero-order valence-corrected chi connectivity index (χ0v) is 16.8. The van der Waals surface area contributed by atoms with Crippen molar-refractivity contribution in [3.8, 4) is 11.3 Å². The first-order valence-corrected chi connectivity index (χ1v) is 9.62. The van der Waals surface area contributed by atoms with E-state index in [1.807, 2.05) is 18.2 Å². The molecule has 4 rings (SSSR count). The summed E-state index contributed by atoms with van der Waals surface area (Å²) >= 11 is 5.88. The third-order valence-electron chi connectivity index (χ3n) is 4.42. The molecular weight excluding hydrogens is 404 g/mol. The maximum absolute atomic E-state index is 12.5. The molecule has 4 aromatic rings. The van der Waals surface area contributed by atoms with E-state index in [9.17, 15) is 9.59 Å². The Morgan fingerprint density at radius 3 is 2.70 bits per heavy atom. The van der Waals surface area contributed by atoms with Crippen LogP contribution in [0.15, 0.2) is 67.0 Å². The van der Waals surface area contributed by atoms with E-state index >= 15 is 0 Å². The molecule has 0 unspecified atom stereocenters. The van der Waals surface area contributed by atoms with E-state index in [-0.39, 0.29) is 12.5 Å². The van der Waals surface area contributed by atoms with Crippen molar-refractivity contribution < 1.29 is 14.3 Å². The van der Waals surface area contributed by atoms with Gasteiger partial charge in [0.1, 0.15) is 5.56 Å². The fourth-order valence-electron chi connectivity index (χ4n) is 3.02. The highest BCUT2D eigenvalue weighted by molar-refractivity contribution is 6.30. The van der Waals surface area contributed by atoms with Gasteiger partial charge in [-0.15, -0.1) is 0 Å². The summed E-state index contributed by atoms with van der Waals surface area (Å²) in [5.41, 5.74) is 3.35. The molecule has 0 aliphatic rings. The van der Waals surface area contributed by atoms with Gasteiger partial charge in [-0.3, -0.25) is 4.79 Å². The average Bonchev–Trinajstić information content (AvgIpc) is 3.19. The van der Waals surface area contributed by atoms with Crippen LogP contribution in [-0.2, 0) is 4.74 Å². The van der Waals surface area contributed by atoms with Gasteiger partial charge in [0.25, 0.3) is 5.91 Å². The number of carbonyl (C=O) groups excluding carboxylic acids is 2. The summed E-state index contributed by atoms with van der Waals surface area (Å²) in [6.45, 7) is 2.01. The van der Waals surface area contributed by atoms with Gasteiger partial charge < -0.3 is 10.1 Å². The zero-order valence-electron chi connectivity index (χ0n) is 16.0. The molecular formula is C22H17ClN4O3. The minimum Gasteiger partial charge on any atom is -0.462 e. The molecule has 8 heteroatoms. The molecule has 2 aromatic heterocycles. The van der Waals surface area contributed by atoms with E-state index in [1.54, 1.807) is 54.0 Å². The van der Waals surface area contributed by atoms with Gasteiger partial charge in [-0.25, -0.2) is 14.3 Å². The SMILES string of the molecule is CCOC(=O)c1cnn2c(-c3cccc(NC(=O)c4ccc(Cl)cc4)c3)ccnc12. The van der Waals surface area contributed by atoms with E-state index in [0.717, 1.165) is 11.3 Å². The second-order valence-electron chi connectivity index (χ2n) is 6.39. The van der Waals surface area contributed by atoms with Gasteiger partial charge >= 0.3 is 5.97 Å². The van der Waals surface area contributed by atoms with Crippen LogP contribution in [0.1, 0.15) is 27.6 Å². The molecule has 1 N–H and O–H groups in total. The molecule has 0 aliphatic heterocycles. The molecule has 0 atom stereocenters. The standard InChI is InChI=1S/C22H17ClN4O3/c1-2-30-22(29)18-13-25-27-19(10-11-24-20(18)27)15-4-3-5-17(12-15)26-21(28)14-6-8-16(23)9-7-14/h3-13H,2H2,1H3,(H,26,28). The molecule has 0 fully saturated rings. The molecule has 30 heavy (non-hydrogen) atoms. The van der Waals surface area contributed by atoms with Crippen molar-refractivity contribution in [2.24, 2.45) is 0 Å². The molecule has 1 amide bonds. The highest BCUT2D eigenvalue weighted by Crippen LogP contribution is 2.24. The maximum Gasteiger partial charge on any atom is 0.343 e. The Kier molecular flexibility index (Phi) is 5.45. The highest BCUT2D eigenvalue weighted by atomic mass is 35.5. The summed E-state index contributed by atoms with van der Waals surface area (Å²) in [4.78, 5) is 28.9. The molecule has 7 nitrogen and oxygen atoms in total. The largest absolute Gasteiger partial charge is 0.462 e. The Bertz CT molecular complexity index is 1230. The Morgan fingerprint density at radius 2 is 1.93 bits per heavy atom. The second-order valence-corrected chi connectivity index (χ2v) is 6.82. The normalized spacial score (nSPS) is 10.7. The Balaban J connectivity index is 1.65. The van der Waals surface area contributed by atoms with Crippen LogP contribution in [0.4, 0.5) is 5.69 Å². The van der Waals surface area contributed by atoms with Gasteiger partial charge in [-0.05, 0) is 49.4 Å². The van der Waals surface area contributed by atoms with Crippen LogP contribution >= 0.6 is 11.6 Å². The number of esters is 1. The lowest BCUT2D eigenvalue weighted by atomic mass is 10.1. The lowest BCUT2D eigenvalue weighted by Crippen LogP contribution is -2.11. The van der Waals surface area contributed by atoms with E-state index in [2.05, 4.69) is 15.4 Å². The van der Waals surface area contributed by atoms with Gasteiger partial charge in [-0.1, -0.05) is 23.7 Å². The number of hydrogen-bond donors (Lipinski definition) is 1. The molecule has 150 valence electrons. The van der Waals surface area contributed by atoms with Gasteiger partial charge in [0, 0.05) is 28.0 Å². The number of nitrogens with one attached hydrogen (secondary N) is 1. The number of hydrogen-bond acceptors (Lipinski definition) is 5. The monoisotopic (exact) mass is 420 g/mol. The lowest BCUT2D eigenvalue weighted by molar-refractivity contribution is 0.0528. The fraction of sp³-hybridized carbons (Fsp3) is 0.0909. The summed E-state index contributed by atoms with van der Waals surface area (Å²) in [6, 6.07) is 15.8. The molecule has 0 bridgehead atoms. The van der Waals surface area contributed by atoms with Crippen molar-refractivity contribution in [2.75, 3.05) is 11.9 Å². The summed E-state index contributed by atoms with van der Waals surface area (Å²) in [6.07, 6.45) is 3.05. The van der Waals surface area contributed by atoms with Crippen LogP contribution in [0.25, 0.3) is 16.9 Å². The van der Waals surface area contributed by atoms with Gasteiger partial charge in [-0.2, -0.15) is 5.10 Å². The summed E-state index contributed by atoms with van der Waals surface area (Å²) in [5.74, 6) is -0.714. The van der Waals surface area contributed by atoms with E-state index < -0.39 is 5.97 Å². The zero-order chi connectivity index (χ0) is 21.1. The quantitative estimate of drug-likeness (QED) is 0.481. The molecule has 2 heterocycles. The average molecular weight is 421 g/mol. The first kappa shape index (κ1) is 19.6. The predicted octanol–water partition coefficient (Wildman–Crippen LogP) is 4.48. The van der Waals surface area contributed by atoms with Crippen LogP contribution in [-0.4, -0.2) is 33.1 Å². The van der Waals surface area contributed by atoms with Crippen LogP contribution < -0.4 is 5.32 Å². The molecule has 2 aromatic carbocycles. The van der Waals surface area contributed by atoms with Crippen molar-refractivity contribution in [3.63, 3.8) is 0 Å². The minimum atomic E-state index is -0.471. The number of rotatable bonds is 5. The molecule has 0 aliphatic carbocycles. The maximum atomic E-state index is 12.5. The van der Waals surface area contributed by atoms with E-state index in [4.69, 9.17) is 16.3 Å². The third-order valence-corrected chi connectivity index (χ3v) is 4.67. The van der Waals surface area contributed by atoms with Crippen molar-refractivity contribution in [1.29, 1.82) is 0 Å². The number of halogens is 1. The summed E-state index contributed by atoms with van der Waals surface area (Å²) < 4.78 is 6.64. The van der Waals surface area contributed by atoms with Gasteiger partial charge in [0.15, 0.2) is 5.65 Å². The molecule has 0 spiro atoms. The highest BCUT2D eigenvalue weighted by Gasteiger charge is 2.17. The van der Waals surface area contributed by atoms with Crippen molar-refractivity contribution in [2.45, 2.75) is 6.92 Å². The Hall–Kier alpha value is -3.71. The smallest absolute Gasteiger partial charge is 0.343 e. The van der Waals surface area contributed by atoms with Crippen LogP contribution in [0.2, 0.25) is 5.02 Å². The number of carbonyl (C=O) groups is 2. The van der Waals surface area contributed by atoms with E-state index in [0.29, 0.717) is 27.5 Å². The number of amides is 1. The molecule has 0 saturated carbocycles. The Morgan fingerprint density at radius 1 is 1.13 bits per heavy atom. The number of nitrogens with zero attached hydrogens (tertiary/aromatic N) is 3. The number of benzene rings is 2. The first-order chi connectivity index (χ1) is 14.6. The van der Waals surface area contributed by atoms with E-state index in [1.165, 1.54) is 6.20 Å². The summed E-state index contributed by atoms with van der Waals surface area (Å²) in [7, 11) is 0. The van der Waals surface area contributed by atoms with Crippen molar-refractivity contribution >= 4 is 34.8 Å². The molecule has 0 saturated heterocycles. The number of anilines is 1. The van der Waals surface area contributed by atoms with Crippen molar-refractivity contribution in [1.82, 2.24) is 14.6 Å². The second kappa shape index (κ2) is 8.34. The fourth-order valence-corrected chi connectivity index (χ4v) is 3.15. The van der Waals surface area contributed by atoms with Crippen molar-refractivity contribution in [3.05, 3.63) is 83.1 Å². The first-order valence-electron chi connectivity index (χ1n) is 9.24. The van der Waals surface area contributed by atoms with Gasteiger partial charge in [0.2, 0.25) is 0 Å². The number of fused-ring (bicyclic) bond motifs is 1. The topological polar surface area (TPSA) is 85.6 Å². The molecule has 0 radical (unpaired) electrons. The third kappa shape index (κ3) is 3.88. The minimum absolute atomic E-state index is 0.243. The number of ether oxygens (including phenoxy) is 1.